The van der Waals surface area contributed by atoms with Crippen molar-refractivity contribution in [3.8, 4) is 0 Å². The first-order valence-corrected chi connectivity index (χ1v) is 9.45. The van der Waals surface area contributed by atoms with Crippen molar-refractivity contribution in [1.82, 2.24) is 14.9 Å². The second-order valence-corrected chi connectivity index (χ2v) is 7.92. The summed E-state index contributed by atoms with van der Waals surface area (Å²) in [5.41, 5.74) is 0.203. The van der Waals surface area contributed by atoms with Gasteiger partial charge in [-0.3, -0.25) is 9.59 Å². The van der Waals surface area contributed by atoms with E-state index in [-0.39, 0.29) is 17.7 Å². The van der Waals surface area contributed by atoms with Crippen LogP contribution in [-0.4, -0.2) is 50.5 Å². The Morgan fingerprint density at radius 1 is 1.29 bits per heavy atom. The van der Waals surface area contributed by atoms with Crippen molar-refractivity contribution in [2.24, 2.45) is 0 Å². The third-order valence-electron chi connectivity index (χ3n) is 4.71. The van der Waals surface area contributed by atoms with Gasteiger partial charge in [0.05, 0.1) is 11.3 Å². The van der Waals surface area contributed by atoms with Gasteiger partial charge in [-0.25, -0.2) is 9.97 Å². The molecule has 2 heterocycles. The molecular weight excluding hydrogens is 380 g/mol. The number of nitrogens with zero attached hydrogens (tertiary/aromatic N) is 3. The van der Waals surface area contributed by atoms with E-state index >= 15 is 0 Å². The Labute approximate surface area is 168 Å². The monoisotopic (exact) mass is 402 g/mol. The van der Waals surface area contributed by atoms with E-state index in [1.807, 2.05) is 0 Å². The van der Waals surface area contributed by atoms with E-state index in [2.05, 4.69) is 15.3 Å². The first-order chi connectivity index (χ1) is 13.1. The lowest BCUT2D eigenvalue weighted by atomic mass is 10.1. The highest BCUT2D eigenvalue weighted by Crippen LogP contribution is 2.27. The molecule has 1 aromatic carbocycles. The van der Waals surface area contributed by atoms with E-state index in [0.717, 1.165) is 6.42 Å². The highest BCUT2D eigenvalue weighted by molar-refractivity contribution is 6.30. The van der Waals surface area contributed by atoms with Crippen molar-refractivity contribution < 1.29 is 14.7 Å². The minimum Gasteiger partial charge on any atom is -0.381 e. The molecular formula is C20H23ClN4O3. The van der Waals surface area contributed by atoms with Crippen molar-refractivity contribution in [1.29, 1.82) is 0 Å². The summed E-state index contributed by atoms with van der Waals surface area (Å²) in [5, 5.41) is 13.3. The fourth-order valence-electron chi connectivity index (χ4n) is 3.18. The van der Waals surface area contributed by atoms with Crippen LogP contribution < -0.4 is 5.32 Å². The summed E-state index contributed by atoms with van der Waals surface area (Å²) in [7, 11) is 0. The fraction of sp³-hybridized carbons (Fsp3) is 0.400. The number of aliphatic hydroxyl groups is 1. The molecule has 7 nitrogen and oxygen atoms in total. The van der Waals surface area contributed by atoms with Crippen LogP contribution in [0.5, 0.6) is 0 Å². The maximum Gasteiger partial charge on any atom is 0.259 e. The van der Waals surface area contributed by atoms with Crippen molar-refractivity contribution in [3.05, 3.63) is 52.6 Å². The van der Waals surface area contributed by atoms with Gasteiger partial charge in [-0.2, -0.15) is 0 Å². The number of halogens is 1. The predicted octanol–water partition coefficient (Wildman–Crippen LogP) is 2.78. The number of benzene rings is 1. The third-order valence-corrected chi connectivity index (χ3v) is 4.96. The normalized spacial score (nSPS) is 16.9. The quantitative estimate of drug-likeness (QED) is 0.819. The standard InChI is InChI=1S/C20H23ClN4O3/c1-12-16(18(26)24-15-6-4-14(21)5-7-15)10-22-17(23-12)13-8-9-25(11-13)19(27)20(2,3)28/h4-7,10,13,28H,8-9,11H2,1-3H3,(H,24,26)/t13-/m1/s1. The minimum absolute atomic E-state index is 0.0154. The molecule has 1 aromatic heterocycles. The van der Waals surface area contributed by atoms with Crippen LogP contribution in [0.25, 0.3) is 0 Å². The fourth-order valence-corrected chi connectivity index (χ4v) is 3.30. The second kappa shape index (κ2) is 7.85. The number of hydrogen-bond donors (Lipinski definition) is 2. The molecule has 2 aromatic rings. The van der Waals surface area contributed by atoms with Gasteiger partial charge in [-0.1, -0.05) is 11.6 Å². The minimum atomic E-state index is -1.39. The van der Waals surface area contributed by atoms with Crippen LogP contribution in [0.1, 0.15) is 48.1 Å². The molecule has 148 valence electrons. The van der Waals surface area contributed by atoms with Crippen LogP contribution in [0.15, 0.2) is 30.5 Å². The van der Waals surface area contributed by atoms with Gasteiger partial charge in [0.25, 0.3) is 11.8 Å². The lowest BCUT2D eigenvalue weighted by molar-refractivity contribution is -0.146. The summed E-state index contributed by atoms with van der Waals surface area (Å²) in [4.78, 5) is 35.2. The lowest BCUT2D eigenvalue weighted by Crippen LogP contribution is -2.44. The molecule has 2 N–H and O–H groups in total. The molecule has 3 rings (SSSR count). The zero-order chi connectivity index (χ0) is 20.5. The molecule has 0 unspecified atom stereocenters. The Balaban J connectivity index is 1.70. The van der Waals surface area contributed by atoms with E-state index in [4.69, 9.17) is 11.6 Å². The van der Waals surface area contributed by atoms with Crippen LogP contribution in [-0.2, 0) is 4.79 Å². The molecule has 0 spiro atoms. The van der Waals surface area contributed by atoms with Crippen molar-refractivity contribution in [2.45, 2.75) is 38.7 Å². The molecule has 1 aliphatic rings. The highest BCUT2D eigenvalue weighted by Gasteiger charge is 2.35. The van der Waals surface area contributed by atoms with Crippen LogP contribution in [0.4, 0.5) is 5.69 Å². The van der Waals surface area contributed by atoms with Gasteiger partial charge >= 0.3 is 0 Å². The molecule has 8 heteroatoms. The van der Waals surface area contributed by atoms with Gasteiger partial charge in [0.2, 0.25) is 0 Å². The van der Waals surface area contributed by atoms with Gasteiger partial charge in [0.15, 0.2) is 0 Å². The van der Waals surface area contributed by atoms with Crippen LogP contribution in [0.2, 0.25) is 5.02 Å². The molecule has 1 aliphatic heterocycles. The summed E-state index contributed by atoms with van der Waals surface area (Å²) in [6, 6.07) is 6.84. The summed E-state index contributed by atoms with van der Waals surface area (Å²) in [6.45, 7) is 5.73. The topological polar surface area (TPSA) is 95.4 Å². The van der Waals surface area contributed by atoms with Crippen LogP contribution in [0.3, 0.4) is 0 Å². The Morgan fingerprint density at radius 2 is 1.96 bits per heavy atom. The summed E-state index contributed by atoms with van der Waals surface area (Å²) in [5.74, 6) is -0.00715. The smallest absolute Gasteiger partial charge is 0.259 e. The Kier molecular flexibility index (Phi) is 5.67. The van der Waals surface area contributed by atoms with E-state index in [1.54, 1.807) is 36.1 Å². The Bertz CT molecular complexity index is 893. The summed E-state index contributed by atoms with van der Waals surface area (Å²) >= 11 is 5.85. The molecule has 0 aliphatic carbocycles. The summed E-state index contributed by atoms with van der Waals surface area (Å²) in [6.07, 6.45) is 2.24. The molecule has 0 bridgehead atoms. The van der Waals surface area contributed by atoms with E-state index in [0.29, 0.717) is 40.9 Å². The number of aromatic nitrogens is 2. The van der Waals surface area contributed by atoms with Crippen molar-refractivity contribution in [2.75, 3.05) is 18.4 Å². The number of hydrogen-bond acceptors (Lipinski definition) is 5. The largest absolute Gasteiger partial charge is 0.381 e. The number of carbonyl (C=O) groups excluding carboxylic acids is 2. The molecule has 28 heavy (non-hydrogen) atoms. The van der Waals surface area contributed by atoms with E-state index < -0.39 is 5.60 Å². The van der Waals surface area contributed by atoms with Gasteiger partial charge in [-0.05, 0) is 51.5 Å². The highest BCUT2D eigenvalue weighted by atomic mass is 35.5. The number of carbonyl (C=O) groups is 2. The molecule has 0 saturated carbocycles. The van der Waals surface area contributed by atoms with E-state index in [1.165, 1.54) is 20.0 Å². The SMILES string of the molecule is Cc1nc([C@@H]2CCN(C(=O)C(C)(C)O)C2)ncc1C(=O)Nc1ccc(Cl)cc1. The maximum absolute atomic E-state index is 12.5. The van der Waals surface area contributed by atoms with Gasteiger partial charge in [0.1, 0.15) is 11.4 Å². The Morgan fingerprint density at radius 3 is 2.57 bits per heavy atom. The van der Waals surface area contributed by atoms with Gasteiger partial charge in [0, 0.05) is 35.9 Å². The number of amides is 2. The predicted molar refractivity (Wildman–Crippen MR) is 106 cm³/mol. The van der Waals surface area contributed by atoms with Crippen LogP contribution in [0, 0.1) is 6.92 Å². The number of anilines is 1. The molecule has 1 fully saturated rings. The second-order valence-electron chi connectivity index (χ2n) is 7.48. The molecule has 2 amide bonds. The lowest BCUT2D eigenvalue weighted by Gasteiger charge is -2.24. The van der Waals surface area contributed by atoms with Gasteiger partial charge < -0.3 is 15.3 Å². The van der Waals surface area contributed by atoms with Crippen molar-refractivity contribution in [3.63, 3.8) is 0 Å². The first-order valence-electron chi connectivity index (χ1n) is 9.07. The number of aryl methyl sites for hydroxylation is 1. The molecule has 1 atom stereocenters. The third kappa shape index (κ3) is 4.48. The maximum atomic E-state index is 12.5. The summed E-state index contributed by atoms with van der Waals surface area (Å²) < 4.78 is 0. The molecule has 1 saturated heterocycles. The zero-order valence-electron chi connectivity index (χ0n) is 16.1. The Hall–Kier alpha value is -2.51. The van der Waals surface area contributed by atoms with Crippen molar-refractivity contribution >= 4 is 29.1 Å². The number of rotatable bonds is 4. The van der Waals surface area contributed by atoms with Crippen LogP contribution >= 0.6 is 11.6 Å². The molecule has 0 radical (unpaired) electrons. The zero-order valence-corrected chi connectivity index (χ0v) is 16.8. The number of nitrogens with one attached hydrogen (secondary N) is 1. The van der Waals surface area contributed by atoms with E-state index in [9.17, 15) is 14.7 Å². The average Bonchev–Trinajstić information content (AvgIpc) is 3.12. The first kappa shape index (κ1) is 20.2. The average molecular weight is 403 g/mol. The number of likely N-dealkylation sites (tertiary alicyclic amines) is 1. The van der Waals surface area contributed by atoms with Gasteiger partial charge in [-0.15, -0.1) is 0 Å².